The zero-order valence-corrected chi connectivity index (χ0v) is 14.0. The molecule has 0 saturated heterocycles. The van der Waals surface area contributed by atoms with Crippen LogP contribution in [0.2, 0.25) is 0 Å². The predicted molar refractivity (Wildman–Crippen MR) is 92.0 cm³/mol. The van der Waals surface area contributed by atoms with Crippen molar-refractivity contribution in [2.24, 2.45) is 5.92 Å². The maximum Gasteiger partial charge on any atom is 0.233 e. The van der Waals surface area contributed by atoms with Crippen molar-refractivity contribution >= 4 is 23.5 Å². The van der Waals surface area contributed by atoms with E-state index >= 15 is 0 Å². The number of rotatable bonds is 7. The molecule has 1 atom stereocenters. The fourth-order valence-corrected chi connectivity index (χ4v) is 2.75. The van der Waals surface area contributed by atoms with E-state index in [9.17, 15) is 0 Å². The zero-order chi connectivity index (χ0) is 15.5. The van der Waals surface area contributed by atoms with Crippen molar-refractivity contribution in [3.05, 3.63) is 29.6 Å². The summed E-state index contributed by atoms with van der Waals surface area (Å²) in [4.78, 5) is 8.96. The van der Waals surface area contributed by atoms with E-state index < -0.39 is 0 Å². The molecule has 1 saturated carbocycles. The zero-order valence-electron chi connectivity index (χ0n) is 13.2. The van der Waals surface area contributed by atoms with Crippen LogP contribution >= 0.6 is 11.9 Å². The van der Waals surface area contributed by atoms with Crippen molar-refractivity contribution in [2.45, 2.75) is 25.8 Å². The highest BCUT2D eigenvalue weighted by Crippen LogP contribution is 2.34. The van der Waals surface area contributed by atoms with Gasteiger partial charge in [0.1, 0.15) is 5.69 Å². The lowest BCUT2D eigenvalue weighted by atomic mass is 10.2. The van der Waals surface area contributed by atoms with Gasteiger partial charge in [-0.1, -0.05) is 29.7 Å². The lowest BCUT2D eigenvalue weighted by molar-refractivity contribution is 0.296. The van der Waals surface area contributed by atoms with Crippen molar-refractivity contribution in [3.63, 3.8) is 0 Å². The molecule has 2 N–H and O–H groups in total. The molecule has 3 rings (SSSR count). The molecule has 118 valence electrons. The first kappa shape index (κ1) is 15.4. The van der Waals surface area contributed by atoms with Crippen LogP contribution in [0.3, 0.4) is 0 Å². The van der Waals surface area contributed by atoms with Crippen LogP contribution in [0.4, 0.5) is 5.95 Å². The molecule has 0 bridgehead atoms. The Balaban J connectivity index is 1.89. The van der Waals surface area contributed by atoms with Gasteiger partial charge in [-0.2, -0.15) is 0 Å². The Hall–Kier alpha value is -1.53. The second-order valence-corrected chi connectivity index (χ2v) is 6.36. The smallest absolute Gasteiger partial charge is 0.233 e. The Morgan fingerprint density at radius 1 is 1.41 bits per heavy atom. The van der Waals surface area contributed by atoms with E-state index in [1.165, 1.54) is 30.4 Å². The number of likely N-dealkylation sites (N-methyl/N-ethyl adjacent to an activating group) is 1. The number of allylic oxidation sites excluding steroid dienone is 2. The van der Waals surface area contributed by atoms with Crippen LogP contribution < -0.4 is 14.8 Å². The maximum absolute atomic E-state index is 5.96. The topological polar surface area (TPSA) is 59.1 Å². The predicted octanol–water partition coefficient (Wildman–Crippen LogP) is 2.89. The molecule has 2 aliphatic rings. The minimum Gasteiger partial charge on any atom is -0.489 e. The van der Waals surface area contributed by atoms with Gasteiger partial charge in [0.2, 0.25) is 5.95 Å². The number of hydrogen-bond donors (Lipinski definition) is 2. The molecule has 1 fully saturated rings. The fraction of sp³-hybridized carbons (Fsp3) is 0.500. The Morgan fingerprint density at radius 2 is 2.23 bits per heavy atom. The normalized spacial score (nSPS) is 20.6. The van der Waals surface area contributed by atoms with Crippen LogP contribution in [0, 0.1) is 5.92 Å². The average molecular weight is 318 g/mol. The van der Waals surface area contributed by atoms with Gasteiger partial charge in [0, 0.05) is 17.9 Å². The molecule has 5 nitrogen and oxygen atoms in total. The number of nitrogens with zero attached hydrogens (tertiary/aromatic N) is 2. The Kier molecular flexibility index (Phi) is 4.69. The first-order valence-corrected chi connectivity index (χ1v) is 8.80. The number of ether oxygens (including phenoxy) is 1. The molecule has 6 heteroatoms. The number of nitrogens with one attached hydrogen (secondary N) is 2. The highest BCUT2D eigenvalue weighted by Gasteiger charge is 2.24. The van der Waals surface area contributed by atoms with Gasteiger partial charge in [-0.25, -0.2) is 9.97 Å². The standard InChI is InChI=1S/C16H22N4OS/c1-10-6-12(7-13(10)17-2)15-14(21-9-11-4-5-11)8-18-16(19-15)20-22-3/h6-8,11,13,17H,4-5,9H2,1-3H3,(H,18,19,20). The Morgan fingerprint density at radius 3 is 2.86 bits per heavy atom. The SMILES string of the molecule is CNC1C=C(c2nc(NSC)ncc2OCC2CC2)C=C1C. The molecule has 0 radical (unpaired) electrons. The Bertz CT molecular complexity index is 610. The van der Waals surface area contributed by atoms with E-state index in [0.29, 0.717) is 11.9 Å². The summed E-state index contributed by atoms with van der Waals surface area (Å²) in [5.41, 5.74) is 3.24. The second kappa shape index (κ2) is 6.71. The third-order valence-electron chi connectivity index (χ3n) is 3.92. The van der Waals surface area contributed by atoms with Crippen LogP contribution in [-0.2, 0) is 0 Å². The van der Waals surface area contributed by atoms with Gasteiger partial charge in [-0.15, -0.1) is 0 Å². The van der Waals surface area contributed by atoms with Gasteiger partial charge in [-0.3, -0.25) is 4.72 Å². The van der Waals surface area contributed by atoms with Gasteiger partial charge in [0.25, 0.3) is 0 Å². The average Bonchev–Trinajstić information content (AvgIpc) is 3.27. The minimum absolute atomic E-state index is 0.262. The molecule has 2 aliphatic carbocycles. The summed E-state index contributed by atoms with van der Waals surface area (Å²) in [6.45, 7) is 2.88. The molecule has 22 heavy (non-hydrogen) atoms. The van der Waals surface area contributed by atoms with E-state index in [0.717, 1.165) is 23.6 Å². The van der Waals surface area contributed by atoms with E-state index in [1.54, 1.807) is 6.20 Å². The van der Waals surface area contributed by atoms with Gasteiger partial charge >= 0.3 is 0 Å². The van der Waals surface area contributed by atoms with Crippen LogP contribution in [0.25, 0.3) is 5.57 Å². The molecule has 1 aromatic rings. The van der Waals surface area contributed by atoms with Crippen molar-refractivity contribution in [1.29, 1.82) is 0 Å². The third kappa shape index (κ3) is 3.44. The lowest BCUT2D eigenvalue weighted by Crippen LogP contribution is -2.21. The van der Waals surface area contributed by atoms with E-state index in [2.05, 4.69) is 39.1 Å². The molecule has 0 amide bonds. The summed E-state index contributed by atoms with van der Waals surface area (Å²) in [6, 6.07) is 0.262. The minimum atomic E-state index is 0.262. The summed E-state index contributed by atoms with van der Waals surface area (Å²) in [7, 11) is 1.96. The van der Waals surface area contributed by atoms with Crippen LogP contribution in [-0.4, -0.2) is 35.9 Å². The van der Waals surface area contributed by atoms with Crippen molar-refractivity contribution in [3.8, 4) is 5.75 Å². The highest BCUT2D eigenvalue weighted by molar-refractivity contribution is 7.99. The van der Waals surface area contributed by atoms with Gasteiger partial charge in [-0.05, 0) is 32.7 Å². The van der Waals surface area contributed by atoms with E-state index in [4.69, 9.17) is 4.74 Å². The van der Waals surface area contributed by atoms with Crippen LogP contribution in [0.5, 0.6) is 5.75 Å². The summed E-state index contributed by atoms with van der Waals surface area (Å²) in [5.74, 6) is 2.09. The van der Waals surface area contributed by atoms with Gasteiger partial charge in [0.15, 0.2) is 5.75 Å². The van der Waals surface area contributed by atoms with Crippen LogP contribution in [0.1, 0.15) is 25.5 Å². The van der Waals surface area contributed by atoms with Crippen molar-refractivity contribution < 1.29 is 4.74 Å². The molecule has 0 aliphatic heterocycles. The summed E-state index contributed by atoms with van der Waals surface area (Å²) >= 11 is 1.48. The molecule has 1 unspecified atom stereocenters. The van der Waals surface area contributed by atoms with Crippen molar-refractivity contribution in [1.82, 2.24) is 15.3 Å². The summed E-state index contributed by atoms with van der Waals surface area (Å²) < 4.78 is 9.05. The molecule has 1 heterocycles. The summed E-state index contributed by atoms with van der Waals surface area (Å²) in [5, 5.41) is 3.28. The molecule has 1 aromatic heterocycles. The number of aromatic nitrogens is 2. The van der Waals surface area contributed by atoms with Gasteiger partial charge in [0.05, 0.1) is 12.8 Å². The highest BCUT2D eigenvalue weighted by atomic mass is 32.2. The molecular weight excluding hydrogens is 296 g/mol. The first-order valence-electron chi connectivity index (χ1n) is 7.57. The first-order chi connectivity index (χ1) is 10.7. The molecule has 0 spiro atoms. The number of anilines is 1. The second-order valence-electron chi connectivity index (χ2n) is 5.74. The lowest BCUT2D eigenvalue weighted by Gasteiger charge is -2.12. The van der Waals surface area contributed by atoms with Crippen LogP contribution in [0.15, 0.2) is 23.9 Å². The third-order valence-corrected chi connectivity index (χ3v) is 4.31. The largest absolute Gasteiger partial charge is 0.489 e. The summed E-state index contributed by atoms with van der Waals surface area (Å²) in [6.07, 6.45) is 10.6. The van der Waals surface area contributed by atoms with Gasteiger partial charge < -0.3 is 10.1 Å². The number of hydrogen-bond acceptors (Lipinski definition) is 6. The Labute approximate surface area is 135 Å². The van der Waals surface area contributed by atoms with E-state index in [-0.39, 0.29) is 6.04 Å². The quantitative estimate of drug-likeness (QED) is 0.754. The van der Waals surface area contributed by atoms with Crippen molar-refractivity contribution in [2.75, 3.05) is 24.6 Å². The molecular formula is C16H22N4OS. The fourth-order valence-electron chi connectivity index (χ4n) is 2.47. The maximum atomic E-state index is 5.96. The van der Waals surface area contributed by atoms with E-state index in [1.807, 2.05) is 13.3 Å². The monoisotopic (exact) mass is 318 g/mol. The molecule has 0 aromatic carbocycles.